The van der Waals surface area contributed by atoms with Crippen LogP contribution in [0.1, 0.15) is 36.6 Å². The van der Waals surface area contributed by atoms with E-state index >= 15 is 0 Å². The summed E-state index contributed by atoms with van der Waals surface area (Å²) < 4.78 is 7.14. The van der Waals surface area contributed by atoms with Crippen molar-refractivity contribution in [3.8, 4) is 11.5 Å². The van der Waals surface area contributed by atoms with Crippen LogP contribution in [0.5, 0.6) is 11.5 Å². The number of alkyl halides is 1. The van der Waals surface area contributed by atoms with Crippen LogP contribution >= 0.6 is 27.5 Å². The van der Waals surface area contributed by atoms with Crippen LogP contribution < -0.4 is 4.74 Å². The Hall–Kier alpha value is -1.06. The van der Waals surface area contributed by atoms with Crippen LogP contribution in [0.3, 0.4) is 0 Å². The Morgan fingerprint density at radius 1 is 1.25 bits per heavy atom. The predicted octanol–water partition coefficient (Wildman–Crippen LogP) is 5.81. The monoisotopic (exact) mass is 353 g/mol. The summed E-state index contributed by atoms with van der Waals surface area (Å²) in [6, 6.07) is 7.97. The van der Waals surface area contributed by atoms with Crippen molar-refractivity contribution in [1.82, 2.24) is 4.98 Å². The highest BCUT2D eigenvalue weighted by Crippen LogP contribution is 2.34. The van der Waals surface area contributed by atoms with Crippen LogP contribution in [0.4, 0.5) is 0 Å². The fourth-order valence-corrected chi connectivity index (χ4v) is 2.52. The van der Waals surface area contributed by atoms with Crippen LogP contribution in [0.2, 0.25) is 0 Å². The van der Waals surface area contributed by atoms with Gasteiger partial charge in [0.05, 0.1) is 5.88 Å². The van der Waals surface area contributed by atoms with Crippen molar-refractivity contribution >= 4 is 27.5 Å². The second-order valence-electron chi connectivity index (χ2n) is 5.01. The average molecular weight is 355 g/mol. The van der Waals surface area contributed by atoms with Crippen LogP contribution in [0.25, 0.3) is 0 Å². The molecule has 0 spiro atoms. The van der Waals surface area contributed by atoms with Crippen molar-refractivity contribution in [3.05, 3.63) is 51.8 Å². The molecular weight excluding hydrogens is 338 g/mol. The van der Waals surface area contributed by atoms with Gasteiger partial charge in [0.1, 0.15) is 11.5 Å². The van der Waals surface area contributed by atoms with Crippen molar-refractivity contribution in [2.24, 2.45) is 0 Å². The van der Waals surface area contributed by atoms with Crippen molar-refractivity contribution in [2.45, 2.75) is 32.6 Å². The first-order chi connectivity index (χ1) is 9.51. The first-order valence-corrected chi connectivity index (χ1v) is 7.82. The van der Waals surface area contributed by atoms with E-state index in [4.69, 9.17) is 16.3 Å². The summed E-state index contributed by atoms with van der Waals surface area (Å²) in [6.45, 7) is 6.24. The zero-order chi connectivity index (χ0) is 14.7. The Balaban J connectivity index is 2.42. The summed E-state index contributed by atoms with van der Waals surface area (Å²) >= 11 is 9.45. The molecule has 0 saturated carbocycles. The molecule has 1 aromatic heterocycles. The maximum Gasteiger partial charge on any atom is 0.135 e. The first kappa shape index (κ1) is 15.3. The third kappa shape index (κ3) is 3.53. The third-order valence-electron chi connectivity index (χ3n) is 3.04. The summed E-state index contributed by atoms with van der Waals surface area (Å²) in [6.07, 6.45) is 1.77. The molecule has 0 aliphatic carbocycles. The van der Waals surface area contributed by atoms with Gasteiger partial charge in [0.15, 0.2) is 0 Å². The van der Waals surface area contributed by atoms with E-state index in [2.05, 4.69) is 40.8 Å². The number of hydrogen-bond donors (Lipinski definition) is 0. The van der Waals surface area contributed by atoms with Crippen LogP contribution in [0.15, 0.2) is 34.9 Å². The van der Waals surface area contributed by atoms with Gasteiger partial charge in [0, 0.05) is 28.0 Å². The number of halogens is 2. The van der Waals surface area contributed by atoms with E-state index in [0.29, 0.717) is 11.8 Å². The number of pyridine rings is 1. The van der Waals surface area contributed by atoms with E-state index < -0.39 is 0 Å². The molecule has 1 heterocycles. The molecule has 0 fully saturated rings. The van der Waals surface area contributed by atoms with Gasteiger partial charge >= 0.3 is 0 Å². The third-order valence-corrected chi connectivity index (χ3v) is 3.82. The van der Waals surface area contributed by atoms with E-state index in [1.54, 1.807) is 6.20 Å². The van der Waals surface area contributed by atoms with Gasteiger partial charge in [-0.2, -0.15) is 0 Å². The number of hydrogen-bond acceptors (Lipinski definition) is 2. The van der Waals surface area contributed by atoms with Crippen LogP contribution in [-0.4, -0.2) is 4.98 Å². The van der Waals surface area contributed by atoms with Gasteiger partial charge in [-0.1, -0.05) is 29.8 Å². The molecule has 0 amide bonds. The Morgan fingerprint density at radius 3 is 2.65 bits per heavy atom. The molecule has 0 aliphatic rings. The smallest absolute Gasteiger partial charge is 0.135 e. The lowest BCUT2D eigenvalue weighted by Gasteiger charge is -2.16. The highest BCUT2D eigenvalue weighted by Gasteiger charge is 2.12. The maximum atomic E-state index is 6.08. The summed E-state index contributed by atoms with van der Waals surface area (Å²) in [7, 11) is 0. The molecule has 0 aliphatic heterocycles. The van der Waals surface area contributed by atoms with Crippen LogP contribution in [0, 0.1) is 6.92 Å². The molecule has 0 atom stereocenters. The van der Waals surface area contributed by atoms with Gasteiger partial charge in [0.2, 0.25) is 0 Å². The normalized spacial score (nSPS) is 10.9. The number of ether oxygens (including phenoxy) is 1. The molecule has 20 heavy (non-hydrogen) atoms. The summed E-state index contributed by atoms with van der Waals surface area (Å²) in [5.74, 6) is 2.40. The minimum Gasteiger partial charge on any atom is -0.457 e. The highest BCUT2D eigenvalue weighted by molar-refractivity contribution is 9.10. The topological polar surface area (TPSA) is 22.1 Å². The number of rotatable bonds is 4. The molecule has 106 valence electrons. The van der Waals surface area contributed by atoms with Crippen molar-refractivity contribution in [3.63, 3.8) is 0 Å². The molecule has 0 radical (unpaired) electrons. The Kier molecular flexibility index (Phi) is 5.06. The second-order valence-corrected chi connectivity index (χ2v) is 6.19. The molecule has 2 nitrogen and oxygen atoms in total. The van der Waals surface area contributed by atoms with Gasteiger partial charge < -0.3 is 4.74 Å². The fourth-order valence-electron chi connectivity index (χ4n) is 1.94. The average Bonchev–Trinajstić information content (AvgIpc) is 2.41. The highest BCUT2D eigenvalue weighted by atomic mass is 79.9. The van der Waals surface area contributed by atoms with Crippen molar-refractivity contribution in [2.75, 3.05) is 0 Å². The quantitative estimate of drug-likeness (QED) is 0.647. The number of nitrogens with zero attached hydrogens (tertiary/aromatic N) is 1. The standard InChI is InChI=1S/C16H17BrClNO/c1-10(2)14-7-13(17)4-5-15(14)20-16-6-11(3)19-9-12(16)8-18/h4-7,9-10H,8H2,1-3H3. The minimum absolute atomic E-state index is 0.380. The lowest BCUT2D eigenvalue weighted by Crippen LogP contribution is -1.97. The van der Waals surface area contributed by atoms with Gasteiger partial charge in [-0.05, 0) is 36.6 Å². The Bertz CT molecular complexity index is 613. The van der Waals surface area contributed by atoms with E-state index in [1.807, 2.05) is 25.1 Å². The van der Waals surface area contributed by atoms with Crippen molar-refractivity contribution < 1.29 is 4.74 Å². The summed E-state index contributed by atoms with van der Waals surface area (Å²) in [5.41, 5.74) is 2.97. The molecule has 0 bridgehead atoms. The van der Waals surface area contributed by atoms with E-state index in [1.165, 1.54) is 0 Å². The molecule has 2 aromatic rings. The predicted molar refractivity (Wildman–Crippen MR) is 86.8 cm³/mol. The zero-order valence-electron chi connectivity index (χ0n) is 11.8. The van der Waals surface area contributed by atoms with Gasteiger partial charge in [-0.15, -0.1) is 11.6 Å². The minimum atomic E-state index is 0.380. The Morgan fingerprint density at radius 2 is 2.00 bits per heavy atom. The molecule has 0 N–H and O–H groups in total. The molecule has 0 unspecified atom stereocenters. The lowest BCUT2D eigenvalue weighted by molar-refractivity contribution is 0.467. The molecule has 0 saturated heterocycles. The molecule has 1 aromatic carbocycles. The maximum absolute atomic E-state index is 6.08. The number of aryl methyl sites for hydroxylation is 1. The van der Waals surface area contributed by atoms with Crippen molar-refractivity contribution in [1.29, 1.82) is 0 Å². The van der Waals surface area contributed by atoms with E-state index in [0.717, 1.165) is 32.8 Å². The van der Waals surface area contributed by atoms with E-state index in [-0.39, 0.29) is 0 Å². The fraction of sp³-hybridized carbons (Fsp3) is 0.312. The molecule has 2 rings (SSSR count). The zero-order valence-corrected chi connectivity index (χ0v) is 14.1. The molecule has 4 heteroatoms. The van der Waals surface area contributed by atoms with E-state index in [9.17, 15) is 0 Å². The lowest BCUT2D eigenvalue weighted by atomic mass is 10.0. The number of aromatic nitrogens is 1. The summed E-state index contributed by atoms with van der Waals surface area (Å²) in [4.78, 5) is 4.25. The van der Waals surface area contributed by atoms with Gasteiger partial charge in [-0.25, -0.2) is 0 Å². The molecular formula is C16H17BrClNO. The SMILES string of the molecule is Cc1cc(Oc2ccc(Br)cc2C(C)C)c(CCl)cn1. The largest absolute Gasteiger partial charge is 0.457 e. The number of benzene rings is 1. The second kappa shape index (κ2) is 6.59. The Labute approximate surface area is 133 Å². The van der Waals surface area contributed by atoms with Gasteiger partial charge in [0.25, 0.3) is 0 Å². The first-order valence-electron chi connectivity index (χ1n) is 6.50. The van der Waals surface area contributed by atoms with Crippen LogP contribution in [-0.2, 0) is 5.88 Å². The summed E-state index contributed by atoms with van der Waals surface area (Å²) in [5, 5.41) is 0. The van der Waals surface area contributed by atoms with Gasteiger partial charge in [-0.3, -0.25) is 4.98 Å².